The lowest BCUT2D eigenvalue weighted by Gasteiger charge is -2.14. The van der Waals surface area contributed by atoms with Gasteiger partial charge < -0.3 is 19.9 Å². The lowest BCUT2D eigenvalue weighted by molar-refractivity contribution is 0.0706. The van der Waals surface area contributed by atoms with Crippen molar-refractivity contribution in [2.75, 3.05) is 20.8 Å². The van der Waals surface area contributed by atoms with Gasteiger partial charge in [0.05, 0.1) is 13.2 Å². The van der Waals surface area contributed by atoms with Gasteiger partial charge in [-0.2, -0.15) is 0 Å². The highest BCUT2D eigenvalue weighted by atomic mass is 32.1. The minimum absolute atomic E-state index is 0.0231. The zero-order chi connectivity index (χ0) is 12.8. The van der Waals surface area contributed by atoms with Crippen molar-refractivity contribution < 1.29 is 14.2 Å². The number of rotatable bonds is 6. The predicted molar refractivity (Wildman–Crippen MR) is 70.8 cm³/mol. The zero-order valence-corrected chi connectivity index (χ0v) is 11.0. The van der Waals surface area contributed by atoms with Crippen LogP contribution in [-0.4, -0.2) is 31.9 Å². The van der Waals surface area contributed by atoms with Crippen LogP contribution in [0.25, 0.3) is 0 Å². The van der Waals surface area contributed by atoms with Crippen LogP contribution in [-0.2, 0) is 4.74 Å². The normalized spacial score (nSPS) is 11.9. The maximum absolute atomic E-state index is 5.58. The molecule has 17 heavy (non-hydrogen) atoms. The van der Waals surface area contributed by atoms with E-state index in [2.05, 4.69) is 0 Å². The Balaban J connectivity index is 2.82. The van der Waals surface area contributed by atoms with E-state index in [1.165, 1.54) is 0 Å². The Bertz CT molecular complexity index is 395. The summed E-state index contributed by atoms with van der Waals surface area (Å²) >= 11 is 4.90. The summed E-state index contributed by atoms with van der Waals surface area (Å²) in [4.78, 5) is 0.333. The van der Waals surface area contributed by atoms with Crippen LogP contribution in [0.5, 0.6) is 11.5 Å². The third kappa shape index (κ3) is 3.87. The van der Waals surface area contributed by atoms with Crippen molar-refractivity contribution in [3.63, 3.8) is 0 Å². The molecule has 1 aromatic rings. The molecular weight excluding hydrogens is 238 g/mol. The maximum atomic E-state index is 5.58. The van der Waals surface area contributed by atoms with Gasteiger partial charge in [-0.25, -0.2) is 0 Å². The van der Waals surface area contributed by atoms with E-state index in [0.29, 0.717) is 23.1 Å². The number of nitrogens with two attached hydrogens (primary N) is 1. The van der Waals surface area contributed by atoms with Gasteiger partial charge in [0.1, 0.15) is 11.6 Å². The Morgan fingerprint density at radius 1 is 1.35 bits per heavy atom. The smallest absolute Gasteiger partial charge is 0.161 e. The van der Waals surface area contributed by atoms with Crippen LogP contribution in [0.3, 0.4) is 0 Å². The number of ether oxygens (including phenoxy) is 3. The summed E-state index contributed by atoms with van der Waals surface area (Å²) in [6, 6.07) is 5.35. The summed E-state index contributed by atoms with van der Waals surface area (Å²) in [6.45, 7) is 2.38. The number of methoxy groups -OCH3 is 2. The van der Waals surface area contributed by atoms with Gasteiger partial charge in [-0.3, -0.25) is 0 Å². The molecule has 1 unspecified atom stereocenters. The van der Waals surface area contributed by atoms with Crippen LogP contribution in [0.4, 0.5) is 0 Å². The van der Waals surface area contributed by atoms with Gasteiger partial charge in [0.2, 0.25) is 0 Å². The van der Waals surface area contributed by atoms with E-state index >= 15 is 0 Å². The number of benzene rings is 1. The Morgan fingerprint density at radius 2 is 2.06 bits per heavy atom. The summed E-state index contributed by atoms with van der Waals surface area (Å²) < 4.78 is 15.9. The molecule has 0 aliphatic rings. The first-order chi connectivity index (χ1) is 8.08. The van der Waals surface area contributed by atoms with E-state index < -0.39 is 0 Å². The predicted octanol–water partition coefficient (Wildman–Crippen LogP) is 1.74. The fraction of sp³-hybridized carbons (Fsp3) is 0.417. The molecule has 0 bridgehead atoms. The van der Waals surface area contributed by atoms with Crippen LogP contribution < -0.4 is 15.2 Å². The Hall–Kier alpha value is -1.33. The molecule has 0 aromatic heterocycles. The van der Waals surface area contributed by atoms with Crippen LogP contribution in [0.15, 0.2) is 18.2 Å². The molecule has 1 aromatic carbocycles. The molecule has 5 heteroatoms. The highest BCUT2D eigenvalue weighted by molar-refractivity contribution is 7.80. The molecule has 0 aliphatic carbocycles. The summed E-state index contributed by atoms with van der Waals surface area (Å²) in [6.07, 6.45) is 0.0231. The lowest BCUT2D eigenvalue weighted by Crippen LogP contribution is -2.16. The Labute approximate surface area is 107 Å². The Kier molecular flexibility index (Phi) is 5.18. The van der Waals surface area contributed by atoms with Crippen LogP contribution in [0.1, 0.15) is 12.5 Å². The van der Waals surface area contributed by atoms with E-state index in [4.69, 9.17) is 32.2 Å². The molecule has 0 saturated heterocycles. The molecule has 4 nitrogen and oxygen atoms in total. The van der Waals surface area contributed by atoms with E-state index in [9.17, 15) is 0 Å². The fourth-order valence-electron chi connectivity index (χ4n) is 1.22. The molecule has 0 spiro atoms. The second-order valence-corrected chi connectivity index (χ2v) is 4.03. The van der Waals surface area contributed by atoms with Crippen molar-refractivity contribution in [2.45, 2.75) is 13.0 Å². The van der Waals surface area contributed by atoms with Gasteiger partial charge in [0.25, 0.3) is 0 Å². The van der Waals surface area contributed by atoms with E-state index in [1.807, 2.05) is 6.92 Å². The number of thiocarbonyl (C=S) groups is 1. The molecule has 0 heterocycles. The van der Waals surface area contributed by atoms with Crippen LogP contribution in [0, 0.1) is 0 Å². The topological polar surface area (TPSA) is 53.7 Å². The van der Waals surface area contributed by atoms with Crippen molar-refractivity contribution in [1.82, 2.24) is 0 Å². The third-order valence-electron chi connectivity index (χ3n) is 2.32. The van der Waals surface area contributed by atoms with Crippen molar-refractivity contribution >= 4 is 17.2 Å². The number of hydrogen-bond acceptors (Lipinski definition) is 4. The zero-order valence-electron chi connectivity index (χ0n) is 10.2. The lowest BCUT2D eigenvalue weighted by atomic mass is 10.2. The van der Waals surface area contributed by atoms with Gasteiger partial charge in [-0.1, -0.05) is 12.2 Å². The molecule has 1 rings (SSSR count). The minimum Gasteiger partial charge on any atom is -0.493 e. The second kappa shape index (κ2) is 6.42. The fourth-order valence-corrected chi connectivity index (χ4v) is 1.34. The average molecular weight is 255 g/mol. The molecule has 1 atom stereocenters. The first-order valence-electron chi connectivity index (χ1n) is 5.22. The highest BCUT2D eigenvalue weighted by Crippen LogP contribution is 2.28. The Morgan fingerprint density at radius 3 is 2.59 bits per heavy atom. The molecule has 0 fully saturated rings. The van der Waals surface area contributed by atoms with Gasteiger partial charge in [-0.15, -0.1) is 0 Å². The molecule has 94 valence electrons. The largest absolute Gasteiger partial charge is 0.493 e. The summed E-state index contributed by atoms with van der Waals surface area (Å²) in [5, 5.41) is 0. The molecule has 0 radical (unpaired) electrons. The van der Waals surface area contributed by atoms with E-state index in [1.54, 1.807) is 32.4 Å². The van der Waals surface area contributed by atoms with Gasteiger partial charge in [0, 0.05) is 12.7 Å². The summed E-state index contributed by atoms with van der Waals surface area (Å²) in [5.74, 6) is 1.26. The van der Waals surface area contributed by atoms with Gasteiger partial charge in [0.15, 0.2) is 11.5 Å². The van der Waals surface area contributed by atoms with Crippen molar-refractivity contribution in [3.8, 4) is 11.5 Å². The first kappa shape index (κ1) is 13.7. The SMILES string of the molecule is COc1cc(C(N)=S)ccc1OCC(C)OC. The minimum atomic E-state index is 0.0231. The third-order valence-corrected chi connectivity index (χ3v) is 2.56. The summed E-state index contributed by atoms with van der Waals surface area (Å²) in [7, 11) is 3.21. The highest BCUT2D eigenvalue weighted by Gasteiger charge is 2.08. The number of hydrogen-bond donors (Lipinski definition) is 1. The standard InChI is InChI=1S/C12H17NO3S/c1-8(14-2)7-16-10-5-4-9(12(13)17)6-11(10)15-3/h4-6,8H,7H2,1-3H3,(H2,13,17). The van der Waals surface area contributed by atoms with Crippen LogP contribution >= 0.6 is 12.2 Å². The van der Waals surface area contributed by atoms with Crippen molar-refractivity contribution in [1.29, 1.82) is 0 Å². The van der Waals surface area contributed by atoms with Gasteiger partial charge >= 0.3 is 0 Å². The van der Waals surface area contributed by atoms with E-state index in [-0.39, 0.29) is 6.10 Å². The quantitative estimate of drug-likeness (QED) is 0.785. The maximum Gasteiger partial charge on any atom is 0.161 e. The molecule has 2 N–H and O–H groups in total. The van der Waals surface area contributed by atoms with Crippen molar-refractivity contribution in [2.24, 2.45) is 5.73 Å². The second-order valence-electron chi connectivity index (χ2n) is 3.59. The van der Waals surface area contributed by atoms with Crippen molar-refractivity contribution in [3.05, 3.63) is 23.8 Å². The summed E-state index contributed by atoms with van der Waals surface area (Å²) in [5.41, 5.74) is 6.30. The first-order valence-corrected chi connectivity index (χ1v) is 5.62. The molecular formula is C12H17NO3S. The molecule has 0 aliphatic heterocycles. The average Bonchev–Trinajstić information content (AvgIpc) is 2.35. The van der Waals surface area contributed by atoms with Crippen LogP contribution in [0.2, 0.25) is 0 Å². The molecule has 0 saturated carbocycles. The monoisotopic (exact) mass is 255 g/mol. The van der Waals surface area contributed by atoms with E-state index in [0.717, 1.165) is 5.56 Å². The van der Waals surface area contributed by atoms with Gasteiger partial charge in [-0.05, 0) is 25.1 Å². The molecule has 0 amide bonds.